The molecule has 4 aromatic rings. The zero-order valence-electron chi connectivity index (χ0n) is 19.4. The molecule has 0 spiro atoms. The summed E-state index contributed by atoms with van der Waals surface area (Å²) < 4.78 is 71.6. The Balaban J connectivity index is 1.50. The van der Waals surface area contributed by atoms with Crippen LogP contribution >= 0.6 is 0 Å². The molecule has 0 aliphatic rings. The predicted octanol–water partition coefficient (Wildman–Crippen LogP) is 7.61. The van der Waals surface area contributed by atoms with Gasteiger partial charge in [0.05, 0.1) is 0 Å². The Morgan fingerprint density at radius 2 is 1.58 bits per heavy atom. The minimum absolute atomic E-state index is 0.109. The van der Waals surface area contributed by atoms with Crippen LogP contribution in [0.2, 0.25) is 0 Å². The summed E-state index contributed by atoms with van der Waals surface area (Å²) in [4.78, 5) is 8.87. The molecule has 0 bridgehead atoms. The largest absolute Gasteiger partial charge is 0.429 e. The quantitative estimate of drug-likeness (QED) is 0.176. The third-order valence-electron chi connectivity index (χ3n) is 5.78. The molecule has 36 heavy (non-hydrogen) atoms. The van der Waals surface area contributed by atoms with E-state index in [1.165, 1.54) is 0 Å². The van der Waals surface area contributed by atoms with Gasteiger partial charge in [-0.05, 0) is 72.9 Å². The van der Waals surface area contributed by atoms with Crippen molar-refractivity contribution in [2.45, 2.75) is 39.2 Å². The molecule has 0 saturated heterocycles. The first-order valence-electron chi connectivity index (χ1n) is 11.4. The highest BCUT2D eigenvalue weighted by atomic mass is 19.3. The Hall–Kier alpha value is -3.81. The zero-order chi connectivity index (χ0) is 25.7. The number of hydrogen-bond donors (Lipinski definition) is 0. The fourth-order valence-electron chi connectivity index (χ4n) is 3.96. The standard InChI is InChI=1S/C28H23F5N2O/c1-2-3-4-5-18-15-34-27(35-16-18)21-10-11-22-20(14-21)9-8-19(25(22)31)7-6-17-12-23(29)26(24(30)13-17)36-28(32)33/h2-3,8-16,28H,4-7H2,1H3/b3-2+. The van der Waals surface area contributed by atoms with Gasteiger partial charge in [-0.3, -0.25) is 0 Å². The minimum atomic E-state index is -3.34. The van der Waals surface area contributed by atoms with Gasteiger partial charge in [0.2, 0.25) is 0 Å². The molecule has 0 radical (unpaired) electrons. The van der Waals surface area contributed by atoms with Gasteiger partial charge in [-0.1, -0.05) is 36.4 Å². The second-order valence-corrected chi connectivity index (χ2v) is 8.26. The summed E-state index contributed by atoms with van der Waals surface area (Å²) in [5, 5.41) is 1.07. The van der Waals surface area contributed by atoms with Crippen molar-refractivity contribution in [3.63, 3.8) is 0 Å². The SMILES string of the molecule is C/C=C/CCc1cnc(-c2ccc3c(F)c(CCc4cc(F)c(OC(F)F)c(F)c4)ccc3c2)nc1. The Morgan fingerprint density at radius 1 is 0.861 bits per heavy atom. The molecule has 0 atom stereocenters. The second-order valence-electron chi connectivity index (χ2n) is 8.26. The lowest BCUT2D eigenvalue weighted by atomic mass is 9.98. The van der Waals surface area contributed by atoms with Crippen molar-refractivity contribution >= 4 is 10.8 Å². The number of aromatic nitrogens is 2. The molecule has 0 amide bonds. The van der Waals surface area contributed by atoms with E-state index in [4.69, 9.17) is 0 Å². The van der Waals surface area contributed by atoms with Crippen molar-refractivity contribution < 1.29 is 26.7 Å². The number of benzene rings is 3. The Morgan fingerprint density at radius 3 is 2.25 bits per heavy atom. The third kappa shape index (κ3) is 5.87. The van der Waals surface area contributed by atoms with Crippen LogP contribution in [0.3, 0.4) is 0 Å². The highest BCUT2D eigenvalue weighted by molar-refractivity contribution is 5.87. The first-order chi connectivity index (χ1) is 17.4. The lowest BCUT2D eigenvalue weighted by molar-refractivity contribution is -0.0546. The average molecular weight is 498 g/mol. The summed E-state index contributed by atoms with van der Waals surface area (Å²) in [6.07, 6.45) is 9.70. The molecule has 0 saturated carbocycles. The van der Waals surface area contributed by atoms with Crippen molar-refractivity contribution in [2.75, 3.05) is 0 Å². The maximum Gasteiger partial charge on any atom is 0.387 e. The molecule has 4 rings (SSSR count). The van der Waals surface area contributed by atoms with Gasteiger partial charge in [0, 0.05) is 23.3 Å². The fraction of sp³-hybridized carbons (Fsp3) is 0.214. The normalized spacial score (nSPS) is 11.6. The number of aryl methyl sites for hydroxylation is 3. The maximum atomic E-state index is 15.2. The van der Waals surface area contributed by atoms with Crippen LogP contribution in [0.15, 0.2) is 67.0 Å². The Bertz CT molecular complexity index is 1360. The molecule has 8 heteroatoms. The van der Waals surface area contributed by atoms with Gasteiger partial charge < -0.3 is 4.74 Å². The number of halogens is 5. The molecule has 0 aliphatic carbocycles. The van der Waals surface area contributed by atoms with E-state index in [9.17, 15) is 17.6 Å². The van der Waals surface area contributed by atoms with Crippen LogP contribution in [0.25, 0.3) is 22.2 Å². The third-order valence-corrected chi connectivity index (χ3v) is 5.78. The molecule has 3 nitrogen and oxygen atoms in total. The van der Waals surface area contributed by atoms with E-state index in [0.29, 0.717) is 22.2 Å². The number of rotatable bonds is 9. The first-order valence-corrected chi connectivity index (χ1v) is 11.4. The van der Waals surface area contributed by atoms with Crippen molar-refractivity contribution in [3.8, 4) is 17.1 Å². The highest BCUT2D eigenvalue weighted by Crippen LogP contribution is 2.28. The fourth-order valence-corrected chi connectivity index (χ4v) is 3.96. The van der Waals surface area contributed by atoms with Crippen LogP contribution in [-0.4, -0.2) is 16.6 Å². The van der Waals surface area contributed by atoms with Crippen molar-refractivity contribution in [3.05, 3.63) is 101 Å². The molecule has 0 aliphatic heterocycles. The van der Waals surface area contributed by atoms with E-state index in [2.05, 4.69) is 20.8 Å². The zero-order valence-corrected chi connectivity index (χ0v) is 19.4. The van der Waals surface area contributed by atoms with E-state index in [0.717, 1.165) is 36.1 Å². The monoisotopic (exact) mass is 498 g/mol. The maximum absolute atomic E-state index is 15.2. The number of fused-ring (bicyclic) bond motifs is 1. The number of ether oxygens (including phenoxy) is 1. The number of alkyl halides is 2. The topological polar surface area (TPSA) is 35.0 Å². The minimum Gasteiger partial charge on any atom is -0.429 e. The average Bonchev–Trinajstić information content (AvgIpc) is 2.86. The van der Waals surface area contributed by atoms with Crippen LogP contribution in [0, 0.1) is 17.5 Å². The van der Waals surface area contributed by atoms with E-state index >= 15 is 4.39 Å². The second kappa shape index (κ2) is 11.3. The summed E-state index contributed by atoms with van der Waals surface area (Å²) in [7, 11) is 0. The lowest BCUT2D eigenvalue weighted by Crippen LogP contribution is -2.06. The molecule has 1 aromatic heterocycles. The van der Waals surface area contributed by atoms with Gasteiger partial charge in [-0.15, -0.1) is 0 Å². The molecular weight excluding hydrogens is 475 g/mol. The van der Waals surface area contributed by atoms with E-state index in [-0.39, 0.29) is 18.4 Å². The summed E-state index contributed by atoms with van der Waals surface area (Å²) in [6, 6.07) is 10.4. The van der Waals surface area contributed by atoms with Gasteiger partial charge in [-0.2, -0.15) is 8.78 Å². The smallest absolute Gasteiger partial charge is 0.387 e. The van der Waals surface area contributed by atoms with Gasteiger partial charge in [-0.25, -0.2) is 23.1 Å². The van der Waals surface area contributed by atoms with Crippen molar-refractivity contribution in [1.29, 1.82) is 0 Å². The van der Waals surface area contributed by atoms with E-state index < -0.39 is 29.8 Å². The van der Waals surface area contributed by atoms with Crippen LogP contribution in [0.5, 0.6) is 5.75 Å². The molecule has 0 N–H and O–H groups in total. The van der Waals surface area contributed by atoms with Gasteiger partial charge >= 0.3 is 6.61 Å². The number of hydrogen-bond acceptors (Lipinski definition) is 3. The molecule has 0 fully saturated rings. The van der Waals surface area contributed by atoms with E-state index in [1.54, 1.807) is 36.7 Å². The molecular formula is C28H23F5N2O. The molecule has 3 aromatic carbocycles. The predicted molar refractivity (Wildman–Crippen MR) is 128 cm³/mol. The summed E-state index contributed by atoms with van der Waals surface area (Å²) in [5.41, 5.74) is 2.36. The van der Waals surface area contributed by atoms with Crippen LogP contribution in [0.4, 0.5) is 22.0 Å². The van der Waals surface area contributed by atoms with Gasteiger partial charge in [0.25, 0.3) is 0 Å². The molecule has 0 unspecified atom stereocenters. The van der Waals surface area contributed by atoms with Gasteiger partial charge in [0.1, 0.15) is 5.82 Å². The number of allylic oxidation sites excluding steroid dienone is 2. The van der Waals surface area contributed by atoms with E-state index in [1.807, 2.05) is 19.1 Å². The van der Waals surface area contributed by atoms with Crippen molar-refractivity contribution in [1.82, 2.24) is 9.97 Å². The van der Waals surface area contributed by atoms with Crippen LogP contribution in [-0.2, 0) is 19.3 Å². The summed E-state index contributed by atoms with van der Waals surface area (Å²) in [6.45, 7) is -1.37. The summed E-state index contributed by atoms with van der Waals surface area (Å²) in [5.74, 6) is -3.49. The molecule has 186 valence electrons. The highest BCUT2D eigenvalue weighted by Gasteiger charge is 2.17. The van der Waals surface area contributed by atoms with Crippen molar-refractivity contribution in [2.24, 2.45) is 0 Å². The lowest BCUT2D eigenvalue weighted by Gasteiger charge is -2.11. The number of nitrogens with zero attached hydrogens (tertiary/aromatic N) is 2. The molecule has 1 heterocycles. The first kappa shape index (κ1) is 25.3. The Kier molecular flexibility index (Phi) is 7.93. The van der Waals surface area contributed by atoms with Crippen LogP contribution < -0.4 is 4.74 Å². The van der Waals surface area contributed by atoms with Crippen LogP contribution in [0.1, 0.15) is 30.0 Å². The Labute approximate surface area is 205 Å². The summed E-state index contributed by atoms with van der Waals surface area (Å²) >= 11 is 0. The van der Waals surface area contributed by atoms with Gasteiger partial charge in [0.15, 0.2) is 23.2 Å².